The first-order valence-corrected chi connectivity index (χ1v) is 11.0. The van der Waals surface area contributed by atoms with Gasteiger partial charge in [0, 0.05) is 18.2 Å². The first kappa shape index (κ1) is 20.3. The van der Waals surface area contributed by atoms with Crippen molar-refractivity contribution < 1.29 is 17.5 Å². The van der Waals surface area contributed by atoms with E-state index >= 15 is 0 Å². The molecule has 8 nitrogen and oxygen atoms in total. The summed E-state index contributed by atoms with van der Waals surface area (Å²) in [4.78, 5) is 12.9. The van der Waals surface area contributed by atoms with Gasteiger partial charge in [0.2, 0.25) is 10.0 Å². The quantitative estimate of drug-likeness (QED) is 0.589. The average molecular weight is 432 g/mol. The number of benzene rings is 2. The van der Waals surface area contributed by atoms with Gasteiger partial charge in [-0.25, -0.2) is 27.0 Å². The molecular formula is C20H21FN4O4S. The minimum atomic E-state index is -3.82. The Balaban J connectivity index is 1.55. The summed E-state index contributed by atoms with van der Waals surface area (Å²) in [6.07, 6.45) is 1.75. The van der Waals surface area contributed by atoms with E-state index in [1.807, 2.05) is 0 Å². The zero-order valence-corrected chi connectivity index (χ0v) is 17.1. The Morgan fingerprint density at radius 2 is 1.87 bits per heavy atom. The van der Waals surface area contributed by atoms with Crippen LogP contribution in [0, 0.1) is 5.82 Å². The highest BCUT2D eigenvalue weighted by Crippen LogP contribution is 2.36. The zero-order valence-electron chi connectivity index (χ0n) is 16.3. The summed E-state index contributed by atoms with van der Waals surface area (Å²) in [6, 6.07) is 12.1. The van der Waals surface area contributed by atoms with Crippen LogP contribution >= 0.6 is 0 Å². The van der Waals surface area contributed by atoms with E-state index in [4.69, 9.17) is 4.74 Å². The number of hydrogen-bond acceptors (Lipinski definition) is 5. The summed E-state index contributed by atoms with van der Waals surface area (Å²) >= 11 is 0. The molecule has 0 spiro atoms. The maximum atomic E-state index is 13.3. The Kier molecular flexibility index (Phi) is 5.44. The van der Waals surface area contributed by atoms with Crippen LogP contribution in [0.25, 0.3) is 11.4 Å². The number of ether oxygens (including phenoxy) is 1. The van der Waals surface area contributed by atoms with Crippen molar-refractivity contribution in [2.45, 2.75) is 30.3 Å². The Hall–Kier alpha value is -2.98. The molecule has 0 radical (unpaired) electrons. The molecule has 2 aromatic carbocycles. The van der Waals surface area contributed by atoms with Crippen LogP contribution in [0.5, 0.6) is 5.75 Å². The SMILES string of the molecule is COc1ccccc1S(=O)(=O)NCCn1nc(-c2ccc(F)cc2)n(C2CC2)c1=O. The van der Waals surface area contributed by atoms with Gasteiger partial charge in [-0.1, -0.05) is 12.1 Å². The van der Waals surface area contributed by atoms with Crippen LogP contribution in [0.4, 0.5) is 4.39 Å². The lowest BCUT2D eigenvalue weighted by atomic mass is 10.2. The average Bonchev–Trinajstić information content (AvgIpc) is 3.52. The summed E-state index contributed by atoms with van der Waals surface area (Å²) in [5, 5.41) is 4.38. The van der Waals surface area contributed by atoms with Gasteiger partial charge in [0.25, 0.3) is 0 Å². The highest BCUT2D eigenvalue weighted by Gasteiger charge is 2.30. The zero-order chi connectivity index (χ0) is 21.3. The topological polar surface area (TPSA) is 95.2 Å². The molecule has 1 saturated carbocycles. The number of hydrogen-bond donors (Lipinski definition) is 1. The van der Waals surface area contributed by atoms with Crippen molar-refractivity contribution in [1.29, 1.82) is 0 Å². The number of para-hydroxylation sites is 1. The van der Waals surface area contributed by atoms with E-state index in [-0.39, 0.29) is 41.3 Å². The highest BCUT2D eigenvalue weighted by atomic mass is 32.2. The number of nitrogens with one attached hydrogen (secondary N) is 1. The van der Waals surface area contributed by atoms with Gasteiger partial charge in [-0.3, -0.25) is 4.57 Å². The number of aromatic nitrogens is 3. The number of rotatable bonds is 8. The molecule has 30 heavy (non-hydrogen) atoms. The summed E-state index contributed by atoms with van der Waals surface area (Å²) < 4.78 is 48.9. The molecule has 1 N–H and O–H groups in total. The van der Waals surface area contributed by atoms with Gasteiger partial charge >= 0.3 is 5.69 Å². The second-order valence-corrected chi connectivity index (χ2v) is 8.72. The largest absolute Gasteiger partial charge is 0.495 e. The van der Waals surface area contributed by atoms with Crippen LogP contribution in [0.1, 0.15) is 18.9 Å². The lowest BCUT2D eigenvalue weighted by molar-refractivity contribution is 0.402. The van der Waals surface area contributed by atoms with E-state index in [1.54, 1.807) is 34.9 Å². The molecule has 4 rings (SSSR count). The van der Waals surface area contributed by atoms with E-state index in [0.717, 1.165) is 12.8 Å². The van der Waals surface area contributed by atoms with E-state index < -0.39 is 10.0 Å². The van der Waals surface area contributed by atoms with Crippen LogP contribution in [-0.2, 0) is 16.6 Å². The van der Waals surface area contributed by atoms with Crippen LogP contribution in [-0.4, -0.2) is 36.4 Å². The summed E-state index contributed by atoms with van der Waals surface area (Å²) in [5.41, 5.74) is 0.321. The molecule has 0 unspecified atom stereocenters. The van der Waals surface area contributed by atoms with Gasteiger partial charge in [-0.2, -0.15) is 0 Å². The molecule has 0 amide bonds. The molecule has 158 valence electrons. The molecule has 10 heteroatoms. The first-order chi connectivity index (χ1) is 14.4. The van der Waals surface area contributed by atoms with E-state index in [2.05, 4.69) is 9.82 Å². The molecule has 0 atom stereocenters. The Bertz CT molecular complexity index is 1210. The fourth-order valence-corrected chi connectivity index (χ4v) is 4.42. The van der Waals surface area contributed by atoms with Crippen LogP contribution in [0.3, 0.4) is 0 Å². The standard InChI is InChI=1S/C20H21FN4O4S/c1-29-17-4-2-3-5-18(17)30(27,28)22-12-13-24-20(26)25(16-10-11-16)19(23-24)14-6-8-15(21)9-7-14/h2-9,16,22H,10-13H2,1H3. The maximum absolute atomic E-state index is 13.3. The van der Waals surface area contributed by atoms with Crippen molar-refractivity contribution in [2.75, 3.05) is 13.7 Å². The van der Waals surface area contributed by atoms with Crippen molar-refractivity contribution in [3.05, 3.63) is 64.8 Å². The highest BCUT2D eigenvalue weighted by molar-refractivity contribution is 7.89. The van der Waals surface area contributed by atoms with Crippen molar-refractivity contribution in [3.8, 4) is 17.1 Å². The van der Waals surface area contributed by atoms with Crippen LogP contribution < -0.4 is 15.1 Å². The van der Waals surface area contributed by atoms with Crippen molar-refractivity contribution >= 4 is 10.0 Å². The van der Waals surface area contributed by atoms with Crippen LogP contribution in [0.15, 0.2) is 58.2 Å². The van der Waals surface area contributed by atoms with Gasteiger partial charge in [0.1, 0.15) is 16.5 Å². The molecule has 3 aromatic rings. The third-order valence-electron chi connectivity index (χ3n) is 4.86. The molecule has 1 aliphatic rings. The lowest BCUT2D eigenvalue weighted by Gasteiger charge is -2.10. The summed E-state index contributed by atoms with van der Waals surface area (Å²) in [6.45, 7) is 0.0337. The Labute approximate surface area is 173 Å². The van der Waals surface area contributed by atoms with Gasteiger partial charge in [0.05, 0.1) is 13.7 Å². The van der Waals surface area contributed by atoms with Crippen molar-refractivity contribution in [2.24, 2.45) is 0 Å². The minimum absolute atomic E-state index is 0.0230. The molecular weight excluding hydrogens is 411 g/mol. The van der Waals surface area contributed by atoms with Crippen molar-refractivity contribution in [3.63, 3.8) is 0 Å². The normalized spacial score (nSPS) is 14.1. The summed E-state index contributed by atoms with van der Waals surface area (Å²) in [7, 11) is -2.42. The third kappa shape index (κ3) is 4.01. The van der Waals surface area contributed by atoms with Gasteiger partial charge in [-0.05, 0) is 49.2 Å². The predicted octanol–water partition coefficient (Wildman–Crippen LogP) is 2.17. The van der Waals surface area contributed by atoms with Crippen molar-refractivity contribution in [1.82, 2.24) is 19.1 Å². The minimum Gasteiger partial charge on any atom is -0.495 e. The molecule has 1 aromatic heterocycles. The molecule has 1 aliphatic carbocycles. The van der Waals surface area contributed by atoms with Crippen LogP contribution in [0.2, 0.25) is 0 Å². The molecule has 1 heterocycles. The second-order valence-electron chi connectivity index (χ2n) is 6.99. The Morgan fingerprint density at radius 3 is 2.53 bits per heavy atom. The van der Waals surface area contributed by atoms with Gasteiger partial charge < -0.3 is 4.74 Å². The molecule has 0 aliphatic heterocycles. The smallest absolute Gasteiger partial charge is 0.346 e. The van der Waals surface area contributed by atoms with Gasteiger partial charge in [-0.15, -0.1) is 5.10 Å². The first-order valence-electron chi connectivity index (χ1n) is 9.48. The van der Waals surface area contributed by atoms with E-state index in [1.165, 1.54) is 30.0 Å². The molecule has 1 fully saturated rings. The maximum Gasteiger partial charge on any atom is 0.346 e. The molecule has 0 bridgehead atoms. The van der Waals surface area contributed by atoms with E-state index in [0.29, 0.717) is 11.4 Å². The second kappa shape index (κ2) is 8.04. The third-order valence-corrected chi connectivity index (χ3v) is 6.36. The Morgan fingerprint density at radius 1 is 1.17 bits per heavy atom. The fourth-order valence-electron chi connectivity index (χ4n) is 3.23. The number of halogens is 1. The number of methoxy groups -OCH3 is 1. The monoisotopic (exact) mass is 432 g/mol. The van der Waals surface area contributed by atoms with Gasteiger partial charge in [0.15, 0.2) is 5.82 Å². The number of sulfonamides is 1. The molecule has 0 saturated heterocycles. The lowest BCUT2D eigenvalue weighted by Crippen LogP contribution is -2.32. The predicted molar refractivity (Wildman–Crippen MR) is 108 cm³/mol. The fraction of sp³-hybridized carbons (Fsp3) is 0.300. The number of nitrogens with zero attached hydrogens (tertiary/aromatic N) is 3. The summed E-state index contributed by atoms with van der Waals surface area (Å²) in [5.74, 6) is 0.318. The van der Waals surface area contributed by atoms with E-state index in [9.17, 15) is 17.6 Å².